The second kappa shape index (κ2) is 9.97. The smallest absolute Gasteiger partial charge is 0.246 e. The number of carbonyl (C=O) groups is 1. The molecule has 0 radical (unpaired) electrons. The zero-order valence-corrected chi connectivity index (χ0v) is 19.9. The highest BCUT2D eigenvalue weighted by Crippen LogP contribution is 2.31. The maximum absolute atomic E-state index is 13.1. The van der Waals surface area contributed by atoms with E-state index in [2.05, 4.69) is 15.3 Å². The SMILES string of the molecule is COc1ccc(NC(=O)CSc2nc(C)c(C)c(C)n2)cc1S(=O)(=O)N1CCCCC1. The van der Waals surface area contributed by atoms with E-state index in [1.54, 1.807) is 12.1 Å². The van der Waals surface area contributed by atoms with Crippen molar-refractivity contribution < 1.29 is 17.9 Å². The fraction of sp³-hybridized carbons (Fsp3) is 0.476. The van der Waals surface area contributed by atoms with Crippen LogP contribution in [0.25, 0.3) is 0 Å². The molecule has 1 fully saturated rings. The van der Waals surface area contributed by atoms with Crippen molar-refractivity contribution in [2.45, 2.75) is 50.1 Å². The lowest BCUT2D eigenvalue weighted by atomic mass is 10.2. The van der Waals surface area contributed by atoms with Gasteiger partial charge in [-0.25, -0.2) is 18.4 Å². The summed E-state index contributed by atoms with van der Waals surface area (Å²) in [5, 5.41) is 3.31. The van der Waals surface area contributed by atoms with Gasteiger partial charge in [-0.15, -0.1) is 0 Å². The summed E-state index contributed by atoms with van der Waals surface area (Å²) in [7, 11) is -2.26. The Morgan fingerprint density at radius 3 is 2.39 bits per heavy atom. The minimum Gasteiger partial charge on any atom is -0.495 e. The van der Waals surface area contributed by atoms with Crippen LogP contribution in [0.2, 0.25) is 0 Å². The van der Waals surface area contributed by atoms with Crippen molar-refractivity contribution in [3.8, 4) is 5.75 Å². The Bertz CT molecular complexity index is 1040. The number of carbonyl (C=O) groups excluding carboxylic acids is 1. The van der Waals surface area contributed by atoms with Crippen molar-refractivity contribution in [3.63, 3.8) is 0 Å². The van der Waals surface area contributed by atoms with Crippen molar-refractivity contribution in [1.29, 1.82) is 0 Å². The molecule has 1 aliphatic heterocycles. The van der Waals surface area contributed by atoms with Gasteiger partial charge in [-0.05, 0) is 57.4 Å². The number of anilines is 1. The predicted octanol–water partition coefficient (Wildman–Crippen LogP) is 3.32. The summed E-state index contributed by atoms with van der Waals surface area (Å²) in [5.74, 6) is 0.107. The molecule has 0 unspecified atom stereocenters. The lowest BCUT2D eigenvalue weighted by Gasteiger charge is -2.26. The first kappa shape index (κ1) is 23.5. The molecule has 2 aromatic rings. The number of piperidine rings is 1. The lowest BCUT2D eigenvalue weighted by molar-refractivity contribution is -0.113. The number of ether oxygens (including phenoxy) is 1. The second-order valence-electron chi connectivity index (χ2n) is 7.47. The third kappa shape index (κ3) is 5.55. The minimum atomic E-state index is -3.70. The summed E-state index contributed by atoms with van der Waals surface area (Å²) in [6.07, 6.45) is 2.71. The average molecular weight is 465 g/mol. The highest BCUT2D eigenvalue weighted by Gasteiger charge is 2.29. The number of aromatic nitrogens is 2. The fourth-order valence-electron chi connectivity index (χ4n) is 3.33. The number of methoxy groups -OCH3 is 1. The lowest BCUT2D eigenvalue weighted by Crippen LogP contribution is -2.35. The number of rotatable bonds is 7. The van der Waals surface area contributed by atoms with Crippen LogP contribution < -0.4 is 10.1 Å². The van der Waals surface area contributed by atoms with Crippen LogP contribution in [0.1, 0.15) is 36.2 Å². The minimum absolute atomic E-state index is 0.0653. The third-order valence-electron chi connectivity index (χ3n) is 5.32. The molecule has 8 nitrogen and oxygen atoms in total. The number of benzene rings is 1. The zero-order valence-electron chi connectivity index (χ0n) is 18.3. The third-order valence-corrected chi connectivity index (χ3v) is 8.09. The molecular weight excluding hydrogens is 436 g/mol. The normalized spacial score (nSPS) is 15.0. The quantitative estimate of drug-likeness (QED) is 0.495. The topological polar surface area (TPSA) is 101 Å². The molecule has 0 aliphatic carbocycles. The first-order chi connectivity index (χ1) is 14.7. The monoisotopic (exact) mass is 464 g/mol. The number of thioether (sulfide) groups is 1. The Labute approximate surface area is 187 Å². The summed E-state index contributed by atoms with van der Waals surface area (Å²) < 4.78 is 33.0. The molecule has 0 spiro atoms. The van der Waals surface area contributed by atoms with Gasteiger partial charge in [-0.1, -0.05) is 18.2 Å². The van der Waals surface area contributed by atoms with Gasteiger partial charge in [0.25, 0.3) is 0 Å². The van der Waals surface area contributed by atoms with Crippen molar-refractivity contribution in [3.05, 3.63) is 35.2 Å². The largest absolute Gasteiger partial charge is 0.495 e. The number of nitrogens with one attached hydrogen (secondary N) is 1. The molecule has 1 amide bonds. The van der Waals surface area contributed by atoms with Gasteiger partial charge in [-0.2, -0.15) is 4.31 Å². The van der Waals surface area contributed by atoms with Gasteiger partial charge < -0.3 is 10.1 Å². The highest BCUT2D eigenvalue weighted by atomic mass is 32.2. The van der Waals surface area contributed by atoms with E-state index in [0.29, 0.717) is 23.9 Å². The van der Waals surface area contributed by atoms with E-state index in [0.717, 1.165) is 36.2 Å². The van der Waals surface area contributed by atoms with Crippen LogP contribution in [-0.2, 0) is 14.8 Å². The Morgan fingerprint density at radius 1 is 1.13 bits per heavy atom. The van der Waals surface area contributed by atoms with E-state index < -0.39 is 10.0 Å². The Hall–Kier alpha value is -2.17. The van der Waals surface area contributed by atoms with Gasteiger partial charge >= 0.3 is 0 Å². The Balaban J connectivity index is 1.73. The molecule has 1 N–H and O–H groups in total. The Kier molecular flexibility index (Phi) is 7.55. The van der Waals surface area contributed by atoms with Crippen LogP contribution in [0.15, 0.2) is 28.3 Å². The number of nitrogens with zero attached hydrogens (tertiary/aromatic N) is 3. The van der Waals surface area contributed by atoms with E-state index in [9.17, 15) is 13.2 Å². The molecule has 0 saturated carbocycles. The zero-order chi connectivity index (χ0) is 22.6. The number of aryl methyl sites for hydroxylation is 2. The van der Waals surface area contributed by atoms with Gasteiger partial charge in [0.1, 0.15) is 10.6 Å². The average Bonchev–Trinajstić information content (AvgIpc) is 2.76. The fourth-order valence-corrected chi connectivity index (χ4v) is 5.77. The van der Waals surface area contributed by atoms with E-state index in [-0.39, 0.29) is 22.3 Å². The van der Waals surface area contributed by atoms with Gasteiger partial charge in [0.2, 0.25) is 15.9 Å². The highest BCUT2D eigenvalue weighted by molar-refractivity contribution is 7.99. The van der Waals surface area contributed by atoms with E-state index in [1.807, 2.05) is 20.8 Å². The van der Waals surface area contributed by atoms with Crippen LogP contribution in [0.3, 0.4) is 0 Å². The number of sulfonamides is 1. The maximum Gasteiger partial charge on any atom is 0.246 e. The molecule has 10 heteroatoms. The van der Waals surface area contributed by atoms with Crippen molar-refractivity contribution in [2.24, 2.45) is 0 Å². The summed E-state index contributed by atoms with van der Waals surface area (Å²) in [6.45, 7) is 6.78. The van der Waals surface area contributed by atoms with Gasteiger partial charge in [-0.3, -0.25) is 4.79 Å². The molecule has 3 rings (SSSR count). The van der Waals surface area contributed by atoms with E-state index in [1.165, 1.54) is 29.2 Å². The van der Waals surface area contributed by atoms with E-state index in [4.69, 9.17) is 4.74 Å². The molecule has 31 heavy (non-hydrogen) atoms. The molecule has 2 heterocycles. The van der Waals surface area contributed by atoms with Crippen LogP contribution in [-0.4, -0.2) is 54.6 Å². The first-order valence-corrected chi connectivity index (χ1v) is 12.6. The first-order valence-electron chi connectivity index (χ1n) is 10.1. The molecule has 1 aromatic carbocycles. The van der Waals surface area contributed by atoms with Crippen molar-refractivity contribution in [1.82, 2.24) is 14.3 Å². The van der Waals surface area contributed by atoms with Gasteiger partial charge in [0.05, 0.1) is 12.9 Å². The summed E-state index contributed by atoms with van der Waals surface area (Å²) in [6, 6.07) is 4.66. The molecular formula is C21H28N4O4S2. The predicted molar refractivity (Wildman–Crippen MR) is 121 cm³/mol. The molecule has 0 atom stereocenters. The summed E-state index contributed by atoms with van der Waals surface area (Å²) >= 11 is 1.24. The van der Waals surface area contributed by atoms with Crippen LogP contribution in [0.5, 0.6) is 5.75 Å². The number of hydrogen-bond donors (Lipinski definition) is 1. The van der Waals surface area contributed by atoms with Gasteiger partial charge in [0.15, 0.2) is 5.16 Å². The molecule has 168 valence electrons. The Morgan fingerprint density at radius 2 is 1.77 bits per heavy atom. The van der Waals surface area contributed by atoms with Gasteiger partial charge in [0, 0.05) is 30.2 Å². The van der Waals surface area contributed by atoms with Crippen LogP contribution >= 0.6 is 11.8 Å². The molecule has 0 bridgehead atoms. The molecule has 1 aromatic heterocycles. The summed E-state index contributed by atoms with van der Waals surface area (Å²) in [4.78, 5) is 21.3. The van der Waals surface area contributed by atoms with Crippen molar-refractivity contribution in [2.75, 3.05) is 31.3 Å². The summed E-state index contributed by atoms with van der Waals surface area (Å²) in [5.41, 5.74) is 3.21. The number of hydrogen-bond acceptors (Lipinski definition) is 7. The number of amides is 1. The van der Waals surface area contributed by atoms with Crippen molar-refractivity contribution >= 4 is 33.4 Å². The van der Waals surface area contributed by atoms with Crippen LogP contribution in [0, 0.1) is 20.8 Å². The maximum atomic E-state index is 13.1. The van der Waals surface area contributed by atoms with E-state index >= 15 is 0 Å². The molecule has 1 aliphatic rings. The standard InChI is InChI=1S/C21H28N4O4S2/c1-14-15(2)22-21(23-16(14)3)30-13-20(26)24-17-8-9-18(29-4)19(12-17)31(27,28)25-10-6-5-7-11-25/h8-9,12H,5-7,10-11,13H2,1-4H3,(H,24,26). The second-order valence-corrected chi connectivity index (χ2v) is 10.3. The molecule has 1 saturated heterocycles. The van der Waals surface area contributed by atoms with Crippen LogP contribution in [0.4, 0.5) is 5.69 Å².